The second-order valence-electron chi connectivity index (χ2n) is 11.2. The van der Waals surface area contributed by atoms with E-state index in [4.69, 9.17) is 9.16 Å². The topological polar surface area (TPSA) is 38.8 Å². The molecule has 0 N–H and O–H groups in total. The third-order valence-corrected chi connectivity index (χ3v) is 12.2. The van der Waals surface area contributed by atoms with E-state index in [1.807, 2.05) is 55.1 Å². The number of halogens is 2. The molecule has 4 rings (SSSR count). The number of nitrogens with zero attached hydrogens (tertiary/aromatic N) is 1. The van der Waals surface area contributed by atoms with Gasteiger partial charge in [0.2, 0.25) is 0 Å². The van der Waals surface area contributed by atoms with E-state index in [9.17, 15) is 4.79 Å². The quantitative estimate of drug-likeness (QED) is 0.285. The highest BCUT2D eigenvalue weighted by molar-refractivity contribution is 6.99. The van der Waals surface area contributed by atoms with Gasteiger partial charge >= 0.3 is 0 Å². The smallest absolute Gasteiger partial charge is 0.261 e. The molecule has 0 bridgehead atoms. The van der Waals surface area contributed by atoms with Crippen molar-refractivity contribution < 1.29 is 22.7 Å². The SMILES string of the molecule is CC1CN(c2c(CO[Si](c3ccccc3)(c3ccccc3)C(C)(C)C)cc(CC=O)c(F)c2F)CC(C)O1. The van der Waals surface area contributed by atoms with Gasteiger partial charge in [-0.2, -0.15) is 0 Å². The first kappa shape index (κ1) is 28.1. The molecule has 7 heteroatoms. The van der Waals surface area contributed by atoms with Crippen molar-refractivity contribution in [2.75, 3.05) is 18.0 Å². The number of carbonyl (C=O) groups excluding carboxylic acids is 1. The largest absolute Gasteiger partial charge is 0.403 e. The maximum atomic E-state index is 15.8. The Hall–Kier alpha value is -2.87. The molecule has 1 heterocycles. The van der Waals surface area contributed by atoms with E-state index in [0.29, 0.717) is 24.9 Å². The van der Waals surface area contributed by atoms with Gasteiger partial charge in [-0.3, -0.25) is 0 Å². The maximum absolute atomic E-state index is 15.8. The molecule has 1 aliphatic heterocycles. The lowest BCUT2D eigenvalue weighted by Crippen LogP contribution is -2.66. The Kier molecular flexibility index (Phi) is 8.50. The van der Waals surface area contributed by atoms with Crippen molar-refractivity contribution in [1.29, 1.82) is 0 Å². The van der Waals surface area contributed by atoms with Crippen LogP contribution in [0.2, 0.25) is 5.04 Å². The minimum atomic E-state index is -2.93. The number of aldehydes is 1. The first-order valence-corrected chi connectivity index (χ1v) is 15.1. The summed E-state index contributed by atoms with van der Waals surface area (Å²) in [5, 5.41) is 1.93. The summed E-state index contributed by atoms with van der Waals surface area (Å²) in [6, 6.07) is 22.0. The molecular formula is C31H37F2NO3Si. The number of benzene rings is 3. The molecule has 3 aromatic rings. The number of anilines is 1. The van der Waals surface area contributed by atoms with Gasteiger partial charge in [-0.25, -0.2) is 8.78 Å². The molecule has 2 unspecified atom stereocenters. The van der Waals surface area contributed by atoms with Crippen molar-refractivity contribution >= 4 is 30.7 Å². The minimum Gasteiger partial charge on any atom is -0.403 e. The summed E-state index contributed by atoms with van der Waals surface area (Å²) in [4.78, 5) is 13.2. The van der Waals surface area contributed by atoms with Gasteiger partial charge < -0.3 is 18.9 Å². The van der Waals surface area contributed by atoms with Crippen LogP contribution in [-0.4, -0.2) is 39.9 Å². The van der Waals surface area contributed by atoms with Crippen LogP contribution in [0.15, 0.2) is 66.7 Å². The summed E-state index contributed by atoms with van der Waals surface area (Å²) in [6.07, 6.45) is 0.122. The lowest BCUT2D eigenvalue weighted by Gasteiger charge is -2.43. The normalized spacial score (nSPS) is 18.4. The van der Waals surface area contributed by atoms with Crippen LogP contribution >= 0.6 is 0 Å². The molecule has 0 aliphatic carbocycles. The molecule has 1 saturated heterocycles. The molecule has 3 aromatic carbocycles. The third kappa shape index (κ3) is 5.46. The molecule has 4 nitrogen and oxygen atoms in total. The molecule has 1 fully saturated rings. The van der Waals surface area contributed by atoms with E-state index >= 15 is 8.78 Å². The highest BCUT2D eigenvalue weighted by Gasteiger charge is 2.50. The Balaban J connectivity index is 1.87. The van der Waals surface area contributed by atoms with Crippen LogP contribution in [0.5, 0.6) is 0 Å². The molecule has 0 saturated carbocycles. The molecule has 0 amide bonds. The zero-order valence-electron chi connectivity index (χ0n) is 22.8. The lowest BCUT2D eigenvalue weighted by atomic mass is 10.0. The van der Waals surface area contributed by atoms with Gasteiger partial charge in [-0.15, -0.1) is 0 Å². The molecule has 0 spiro atoms. The average Bonchev–Trinajstić information content (AvgIpc) is 2.87. The summed E-state index contributed by atoms with van der Waals surface area (Å²) in [6.45, 7) is 11.3. The van der Waals surface area contributed by atoms with E-state index in [-0.39, 0.29) is 41.5 Å². The monoisotopic (exact) mass is 537 g/mol. The summed E-state index contributed by atoms with van der Waals surface area (Å²) in [7, 11) is -2.93. The summed E-state index contributed by atoms with van der Waals surface area (Å²) in [5.74, 6) is -1.92. The molecule has 38 heavy (non-hydrogen) atoms. The zero-order chi connectivity index (χ0) is 27.5. The Morgan fingerprint density at radius 3 is 1.92 bits per heavy atom. The summed E-state index contributed by atoms with van der Waals surface area (Å²) < 4.78 is 43.8. The number of hydrogen-bond acceptors (Lipinski definition) is 4. The van der Waals surface area contributed by atoms with Crippen molar-refractivity contribution in [1.82, 2.24) is 0 Å². The zero-order valence-corrected chi connectivity index (χ0v) is 23.8. The minimum absolute atomic E-state index is 0.0386. The Morgan fingerprint density at radius 1 is 0.921 bits per heavy atom. The van der Waals surface area contributed by atoms with Crippen molar-refractivity contribution in [2.24, 2.45) is 0 Å². The van der Waals surface area contributed by atoms with Crippen LogP contribution in [-0.2, 0) is 27.0 Å². The predicted molar refractivity (Wildman–Crippen MR) is 151 cm³/mol. The Morgan fingerprint density at radius 2 is 1.45 bits per heavy atom. The molecule has 0 radical (unpaired) electrons. The number of carbonyl (C=O) groups is 1. The fourth-order valence-electron chi connectivity index (χ4n) is 5.73. The lowest BCUT2D eigenvalue weighted by molar-refractivity contribution is -0.107. The average molecular weight is 538 g/mol. The van der Waals surface area contributed by atoms with Crippen molar-refractivity contribution in [3.63, 3.8) is 0 Å². The molecule has 1 aliphatic rings. The highest BCUT2D eigenvalue weighted by Crippen LogP contribution is 2.39. The summed E-state index contributed by atoms with van der Waals surface area (Å²) >= 11 is 0. The Bertz CT molecular complexity index is 1200. The van der Waals surface area contributed by atoms with E-state index in [2.05, 4.69) is 45.0 Å². The fraction of sp³-hybridized carbons (Fsp3) is 0.387. The number of ether oxygens (including phenoxy) is 1. The van der Waals surface area contributed by atoms with Gasteiger partial charge in [0.15, 0.2) is 11.6 Å². The van der Waals surface area contributed by atoms with Crippen LogP contribution < -0.4 is 15.3 Å². The fourth-order valence-corrected chi connectivity index (χ4v) is 10.3. The highest BCUT2D eigenvalue weighted by atomic mass is 28.4. The van der Waals surface area contributed by atoms with Crippen LogP contribution in [0.1, 0.15) is 45.7 Å². The van der Waals surface area contributed by atoms with Crippen LogP contribution in [0.3, 0.4) is 0 Å². The van der Waals surface area contributed by atoms with E-state index in [0.717, 1.165) is 10.4 Å². The molecule has 202 valence electrons. The van der Waals surface area contributed by atoms with Crippen molar-refractivity contribution in [3.05, 3.63) is 89.5 Å². The molecule has 0 aromatic heterocycles. The second kappa shape index (κ2) is 11.5. The van der Waals surface area contributed by atoms with Crippen molar-refractivity contribution in [3.8, 4) is 0 Å². The van der Waals surface area contributed by atoms with Crippen LogP contribution in [0.25, 0.3) is 0 Å². The van der Waals surface area contributed by atoms with Gasteiger partial charge in [0.1, 0.15) is 6.29 Å². The third-order valence-electron chi connectivity index (χ3n) is 7.24. The van der Waals surface area contributed by atoms with Gasteiger partial charge in [-0.1, -0.05) is 81.4 Å². The Labute approximate surface area is 225 Å². The maximum Gasteiger partial charge on any atom is 0.261 e. The van der Waals surface area contributed by atoms with E-state index in [1.54, 1.807) is 6.07 Å². The van der Waals surface area contributed by atoms with Crippen molar-refractivity contribution in [2.45, 2.75) is 64.9 Å². The number of rotatable bonds is 8. The molecular weight excluding hydrogens is 500 g/mol. The van der Waals surface area contributed by atoms with Crippen LogP contribution in [0, 0.1) is 11.6 Å². The van der Waals surface area contributed by atoms with Gasteiger partial charge in [0.25, 0.3) is 8.32 Å². The van der Waals surface area contributed by atoms with Gasteiger partial charge in [0, 0.05) is 25.1 Å². The molecule has 2 atom stereocenters. The van der Waals surface area contributed by atoms with Crippen LogP contribution in [0.4, 0.5) is 14.5 Å². The van der Waals surface area contributed by atoms with Gasteiger partial charge in [0.05, 0.1) is 24.5 Å². The first-order chi connectivity index (χ1) is 18.1. The van der Waals surface area contributed by atoms with Gasteiger partial charge in [-0.05, 0) is 40.9 Å². The van der Waals surface area contributed by atoms with E-state index < -0.39 is 20.0 Å². The predicted octanol–water partition coefficient (Wildman–Crippen LogP) is 5.40. The standard InChI is InChI=1S/C31H37F2NO3Si/c1-22-19-34(20-23(2)37-22)30-25(18-24(16-17-35)28(32)29(30)33)21-36-38(31(3,4)5,26-12-8-6-9-13-26)27-14-10-7-11-15-27/h6-15,17-18,22-23H,16,19-21H2,1-5H3. The first-order valence-electron chi connectivity index (χ1n) is 13.2. The number of hydrogen-bond donors (Lipinski definition) is 0. The number of morpholine rings is 1. The second-order valence-corrected chi connectivity index (χ2v) is 15.5. The summed E-state index contributed by atoms with van der Waals surface area (Å²) in [5.41, 5.74) is 0.767. The van der Waals surface area contributed by atoms with E-state index in [1.165, 1.54) is 0 Å².